The first-order valence-electron chi connectivity index (χ1n) is 8.34. The topological polar surface area (TPSA) is 29.5 Å². The molecule has 1 unspecified atom stereocenters. The van der Waals surface area contributed by atoms with Crippen LogP contribution in [0.4, 0.5) is 13.2 Å². The Hall–Kier alpha value is -2.34. The molecule has 2 aromatic carbocycles. The molecule has 0 saturated carbocycles. The predicted octanol–water partition coefficient (Wildman–Crippen LogP) is 5.08. The maximum atomic E-state index is 13.0. The molecule has 2 aromatic rings. The van der Waals surface area contributed by atoms with E-state index in [9.17, 15) is 18.0 Å². The zero-order valence-corrected chi connectivity index (χ0v) is 15.0. The summed E-state index contributed by atoms with van der Waals surface area (Å²) in [5.74, 6) is -0.227. The van der Waals surface area contributed by atoms with Crippen LogP contribution in [0.1, 0.15) is 46.9 Å². The van der Waals surface area contributed by atoms with Gasteiger partial charge in [-0.2, -0.15) is 13.2 Å². The fraction of sp³-hybridized carbons (Fsp3) is 0.350. The summed E-state index contributed by atoms with van der Waals surface area (Å²) in [4.78, 5) is 14.4. The molecule has 140 valence electrons. The van der Waals surface area contributed by atoms with E-state index < -0.39 is 17.8 Å². The molecule has 0 bridgehead atoms. The van der Waals surface area contributed by atoms with Crippen LogP contribution >= 0.6 is 0 Å². The first-order valence-corrected chi connectivity index (χ1v) is 8.34. The number of amides is 1. The van der Waals surface area contributed by atoms with Crippen LogP contribution in [0, 0.1) is 0 Å². The number of carbonyl (C=O) groups excluding carboxylic acids is 1. The molecule has 26 heavy (non-hydrogen) atoms. The quantitative estimate of drug-likeness (QED) is 0.715. The maximum absolute atomic E-state index is 13.0. The van der Waals surface area contributed by atoms with Crippen LogP contribution in [0.3, 0.4) is 0 Å². The van der Waals surface area contributed by atoms with Crippen LogP contribution in [0.2, 0.25) is 0 Å². The van der Waals surface area contributed by atoms with E-state index in [-0.39, 0.29) is 5.91 Å². The van der Waals surface area contributed by atoms with Gasteiger partial charge in [0, 0.05) is 19.2 Å². The summed E-state index contributed by atoms with van der Waals surface area (Å²) in [7, 11) is 1.57. The van der Waals surface area contributed by atoms with Gasteiger partial charge in [-0.1, -0.05) is 24.3 Å². The van der Waals surface area contributed by atoms with Gasteiger partial charge in [-0.05, 0) is 49.2 Å². The molecule has 0 N–H and O–H groups in total. The second kappa shape index (κ2) is 8.36. The van der Waals surface area contributed by atoms with Crippen molar-refractivity contribution in [1.29, 1.82) is 0 Å². The maximum Gasteiger partial charge on any atom is 0.416 e. The number of methoxy groups -OCH3 is 1. The van der Waals surface area contributed by atoms with Gasteiger partial charge in [0.1, 0.15) is 0 Å². The second-order valence-corrected chi connectivity index (χ2v) is 6.02. The third-order valence-electron chi connectivity index (χ3n) is 4.25. The zero-order valence-electron chi connectivity index (χ0n) is 15.0. The number of hydrogen-bond acceptors (Lipinski definition) is 2. The Kier molecular flexibility index (Phi) is 6.42. The van der Waals surface area contributed by atoms with Crippen molar-refractivity contribution in [2.75, 3.05) is 13.7 Å². The molecule has 0 saturated heterocycles. The molecule has 2 rings (SSSR count). The third-order valence-corrected chi connectivity index (χ3v) is 4.25. The van der Waals surface area contributed by atoms with E-state index in [1.165, 1.54) is 6.07 Å². The average Bonchev–Trinajstić information content (AvgIpc) is 2.62. The minimum absolute atomic E-state index is 0.227. The van der Waals surface area contributed by atoms with Crippen molar-refractivity contribution in [3.63, 3.8) is 0 Å². The van der Waals surface area contributed by atoms with Crippen LogP contribution in [-0.2, 0) is 17.5 Å². The van der Waals surface area contributed by atoms with Gasteiger partial charge in [0.05, 0.1) is 18.2 Å². The Labute approximate surface area is 151 Å². The van der Waals surface area contributed by atoms with Gasteiger partial charge in [0.15, 0.2) is 0 Å². The second-order valence-electron chi connectivity index (χ2n) is 6.02. The molecule has 0 radical (unpaired) electrons. The van der Waals surface area contributed by atoms with Crippen molar-refractivity contribution < 1.29 is 22.7 Å². The van der Waals surface area contributed by atoms with Gasteiger partial charge in [0.2, 0.25) is 0 Å². The molecular weight excluding hydrogens is 343 g/mol. The largest absolute Gasteiger partial charge is 0.416 e. The standard InChI is InChI=1S/C20H22F3NO2/c1-4-24(19(25)17-9-5-7-15(11-17)13-26-3)14(2)16-8-6-10-18(12-16)20(21,22)23/h5-12,14H,4,13H2,1-3H3. The number of benzene rings is 2. The minimum atomic E-state index is -4.41. The smallest absolute Gasteiger partial charge is 0.380 e. The molecule has 0 aliphatic heterocycles. The van der Waals surface area contributed by atoms with Gasteiger partial charge in [-0.3, -0.25) is 4.79 Å². The average molecular weight is 365 g/mol. The van der Waals surface area contributed by atoms with Crippen molar-refractivity contribution in [3.8, 4) is 0 Å². The lowest BCUT2D eigenvalue weighted by Crippen LogP contribution is -2.33. The van der Waals surface area contributed by atoms with Crippen molar-refractivity contribution in [2.45, 2.75) is 32.7 Å². The van der Waals surface area contributed by atoms with E-state index in [4.69, 9.17) is 4.74 Å². The molecule has 0 heterocycles. The Morgan fingerprint density at radius 3 is 2.46 bits per heavy atom. The summed E-state index contributed by atoms with van der Waals surface area (Å²) < 4.78 is 44.0. The minimum Gasteiger partial charge on any atom is -0.380 e. The van der Waals surface area contributed by atoms with E-state index in [0.717, 1.165) is 17.7 Å². The van der Waals surface area contributed by atoms with Crippen molar-refractivity contribution in [1.82, 2.24) is 4.90 Å². The summed E-state index contributed by atoms with van der Waals surface area (Å²) in [6.07, 6.45) is -4.41. The SMILES string of the molecule is CCN(C(=O)c1cccc(COC)c1)C(C)c1cccc(C(F)(F)F)c1. The highest BCUT2D eigenvalue weighted by Crippen LogP contribution is 2.32. The van der Waals surface area contributed by atoms with Gasteiger partial charge in [-0.25, -0.2) is 0 Å². The van der Waals surface area contributed by atoms with Crippen LogP contribution in [0.5, 0.6) is 0 Å². The fourth-order valence-electron chi connectivity index (χ4n) is 2.87. The highest BCUT2D eigenvalue weighted by Gasteiger charge is 2.31. The number of halogens is 3. The molecule has 3 nitrogen and oxygen atoms in total. The van der Waals surface area contributed by atoms with Crippen molar-refractivity contribution in [2.24, 2.45) is 0 Å². The van der Waals surface area contributed by atoms with Crippen molar-refractivity contribution >= 4 is 5.91 Å². The lowest BCUT2D eigenvalue weighted by molar-refractivity contribution is -0.137. The normalized spacial score (nSPS) is 12.7. The third kappa shape index (κ3) is 4.64. The lowest BCUT2D eigenvalue weighted by Gasteiger charge is -2.29. The van der Waals surface area contributed by atoms with E-state index in [1.54, 1.807) is 50.1 Å². The number of hydrogen-bond donors (Lipinski definition) is 0. The van der Waals surface area contributed by atoms with Crippen molar-refractivity contribution in [3.05, 3.63) is 70.8 Å². The summed E-state index contributed by atoms with van der Waals surface area (Å²) in [6.45, 7) is 4.30. The van der Waals surface area contributed by atoms with E-state index in [0.29, 0.717) is 24.3 Å². The van der Waals surface area contributed by atoms with Crippen LogP contribution in [0.15, 0.2) is 48.5 Å². The first kappa shape index (κ1) is 20.0. The number of rotatable bonds is 6. The van der Waals surface area contributed by atoms with Gasteiger partial charge in [0.25, 0.3) is 5.91 Å². The molecular formula is C20H22F3NO2. The van der Waals surface area contributed by atoms with Crippen LogP contribution in [0.25, 0.3) is 0 Å². The number of nitrogens with zero attached hydrogens (tertiary/aromatic N) is 1. The van der Waals surface area contributed by atoms with Crippen LogP contribution in [-0.4, -0.2) is 24.5 Å². The lowest BCUT2D eigenvalue weighted by atomic mass is 10.0. The Balaban J connectivity index is 2.30. The van der Waals surface area contributed by atoms with Gasteiger partial charge >= 0.3 is 6.18 Å². The molecule has 0 spiro atoms. The number of alkyl halides is 3. The fourth-order valence-corrected chi connectivity index (χ4v) is 2.87. The number of carbonyl (C=O) groups is 1. The number of ether oxygens (including phenoxy) is 1. The summed E-state index contributed by atoms with van der Waals surface area (Å²) in [5.41, 5.74) is 1.08. The Bertz CT molecular complexity index is 759. The Morgan fingerprint density at radius 1 is 1.15 bits per heavy atom. The van der Waals surface area contributed by atoms with Gasteiger partial charge < -0.3 is 9.64 Å². The molecule has 0 aliphatic rings. The predicted molar refractivity (Wildman–Crippen MR) is 93.7 cm³/mol. The van der Waals surface area contributed by atoms with Crippen LogP contribution < -0.4 is 0 Å². The molecule has 6 heteroatoms. The summed E-state index contributed by atoms with van der Waals surface area (Å²) in [6, 6.07) is 11.7. The molecule has 1 amide bonds. The monoisotopic (exact) mass is 365 g/mol. The van der Waals surface area contributed by atoms with E-state index >= 15 is 0 Å². The molecule has 0 aromatic heterocycles. The molecule has 1 atom stereocenters. The molecule has 0 fully saturated rings. The summed E-state index contributed by atoms with van der Waals surface area (Å²) in [5, 5.41) is 0. The highest BCUT2D eigenvalue weighted by atomic mass is 19.4. The van der Waals surface area contributed by atoms with E-state index in [1.807, 2.05) is 6.07 Å². The summed E-state index contributed by atoms with van der Waals surface area (Å²) >= 11 is 0. The first-order chi connectivity index (χ1) is 12.3. The Morgan fingerprint density at radius 2 is 1.85 bits per heavy atom. The van der Waals surface area contributed by atoms with Gasteiger partial charge in [-0.15, -0.1) is 0 Å². The van der Waals surface area contributed by atoms with E-state index in [2.05, 4.69) is 0 Å². The highest BCUT2D eigenvalue weighted by molar-refractivity contribution is 5.94. The zero-order chi connectivity index (χ0) is 19.3. The molecule has 0 aliphatic carbocycles.